The predicted octanol–water partition coefficient (Wildman–Crippen LogP) is 1.62. The van der Waals surface area contributed by atoms with Crippen LogP contribution in [0.15, 0.2) is 42.5 Å². The van der Waals surface area contributed by atoms with E-state index in [4.69, 9.17) is 4.74 Å². The number of nitrogens with zero attached hydrogens (tertiary/aromatic N) is 2. The Morgan fingerprint density at radius 2 is 1.48 bits per heavy atom. The molecular formula is C22H26N4O6S. The van der Waals surface area contributed by atoms with Gasteiger partial charge in [0.05, 0.1) is 24.6 Å². The van der Waals surface area contributed by atoms with E-state index in [1.54, 1.807) is 41.2 Å². The topological polar surface area (TPSA) is 125 Å². The number of ether oxygens (including phenoxy) is 1. The summed E-state index contributed by atoms with van der Waals surface area (Å²) in [6.07, 6.45) is 0.993. The van der Waals surface area contributed by atoms with Gasteiger partial charge in [0, 0.05) is 44.4 Å². The SMILES string of the molecule is COc1ccc(C(=O)N2CCN(C(=O)c3cc(NC(C)=O)ccc3NS(C)(=O)=O)CC2)cc1. The Morgan fingerprint density at radius 1 is 0.909 bits per heavy atom. The second-order valence-electron chi connectivity index (χ2n) is 7.63. The Bertz CT molecular complexity index is 1160. The summed E-state index contributed by atoms with van der Waals surface area (Å²) in [5.74, 6) is -0.202. The molecule has 10 nitrogen and oxygen atoms in total. The van der Waals surface area contributed by atoms with Crippen LogP contribution in [0.2, 0.25) is 0 Å². The first-order valence-electron chi connectivity index (χ1n) is 10.2. The van der Waals surface area contributed by atoms with E-state index in [2.05, 4.69) is 10.0 Å². The molecule has 2 aromatic rings. The Balaban J connectivity index is 1.74. The second-order valence-corrected chi connectivity index (χ2v) is 9.38. The second kappa shape index (κ2) is 9.90. The van der Waals surface area contributed by atoms with Crippen molar-refractivity contribution >= 4 is 39.1 Å². The molecule has 1 saturated heterocycles. The highest BCUT2D eigenvalue weighted by atomic mass is 32.2. The minimum Gasteiger partial charge on any atom is -0.497 e. The molecule has 1 aliphatic rings. The third kappa shape index (κ3) is 6.22. The maximum absolute atomic E-state index is 13.2. The monoisotopic (exact) mass is 474 g/mol. The van der Waals surface area contributed by atoms with Crippen molar-refractivity contribution in [1.29, 1.82) is 0 Å². The molecule has 1 heterocycles. The average molecular weight is 475 g/mol. The smallest absolute Gasteiger partial charge is 0.256 e. The van der Waals surface area contributed by atoms with Crippen LogP contribution in [0.1, 0.15) is 27.6 Å². The van der Waals surface area contributed by atoms with Crippen molar-refractivity contribution in [1.82, 2.24) is 9.80 Å². The number of amides is 3. The first-order chi connectivity index (χ1) is 15.6. The van der Waals surface area contributed by atoms with Crippen LogP contribution in [-0.2, 0) is 14.8 Å². The molecule has 1 fully saturated rings. The first kappa shape index (κ1) is 24.1. The van der Waals surface area contributed by atoms with Gasteiger partial charge in [0.25, 0.3) is 11.8 Å². The highest BCUT2D eigenvalue weighted by molar-refractivity contribution is 7.92. The first-order valence-corrected chi connectivity index (χ1v) is 12.1. The van der Waals surface area contributed by atoms with Crippen molar-refractivity contribution in [2.75, 3.05) is 49.6 Å². The maximum Gasteiger partial charge on any atom is 0.256 e. The van der Waals surface area contributed by atoms with Crippen molar-refractivity contribution in [2.45, 2.75) is 6.92 Å². The maximum atomic E-state index is 13.2. The molecule has 0 unspecified atom stereocenters. The molecule has 1 aliphatic heterocycles. The van der Waals surface area contributed by atoms with Crippen LogP contribution in [0.25, 0.3) is 0 Å². The molecule has 3 rings (SSSR count). The van der Waals surface area contributed by atoms with Gasteiger partial charge in [-0.25, -0.2) is 8.42 Å². The van der Waals surface area contributed by atoms with Gasteiger partial charge in [0.2, 0.25) is 15.9 Å². The van der Waals surface area contributed by atoms with E-state index < -0.39 is 15.9 Å². The molecule has 3 amide bonds. The standard InChI is InChI=1S/C22H26N4O6S/c1-15(27)23-17-6-9-20(24-33(3,30)31)19(14-17)22(29)26-12-10-25(11-13-26)21(28)16-4-7-18(32-2)8-5-16/h4-9,14,24H,10-13H2,1-3H3,(H,23,27). The van der Waals surface area contributed by atoms with Gasteiger partial charge < -0.3 is 19.9 Å². The largest absolute Gasteiger partial charge is 0.497 e. The Morgan fingerprint density at radius 3 is 2.00 bits per heavy atom. The minimum atomic E-state index is -3.63. The number of nitrogens with one attached hydrogen (secondary N) is 2. The van der Waals surface area contributed by atoms with Crippen LogP contribution in [-0.4, -0.2) is 75.5 Å². The lowest BCUT2D eigenvalue weighted by molar-refractivity contribution is -0.114. The third-order valence-corrected chi connectivity index (χ3v) is 5.65. The van der Waals surface area contributed by atoms with E-state index in [1.165, 1.54) is 25.1 Å². The molecule has 0 bridgehead atoms. The predicted molar refractivity (Wildman–Crippen MR) is 124 cm³/mol. The van der Waals surface area contributed by atoms with Crippen molar-refractivity contribution in [3.8, 4) is 5.75 Å². The number of rotatable bonds is 6. The molecule has 2 aromatic carbocycles. The third-order valence-electron chi connectivity index (χ3n) is 5.06. The number of carbonyl (C=O) groups excluding carboxylic acids is 3. The highest BCUT2D eigenvalue weighted by Crippen LogP contribution is 2.24. The number of sulfonamides is 1. The molecule has 0 aromatic heterocycles. The molecule has 0 atom stereocenters. The lowest BCUT2D eigenvalue weighted by atomic mass is 10.1. The van der Waals surface area contributed by atoms with Gasteiger partial charge in [-0.15, -0.1) is 0 Å². The molecule has 11 heteroatoms. The molecule has 2 N–H and O–H groups in total. The number of benzene rings is 2. The minimum absolute atomic E-state index is 0.113. The molecule has 0 radical (unpaired) electrons. The molecule has 0 aliphatic carbocycles. The fourth-order valence-corrected chi connectivity index (χ4v) is 4.07. The Labute approximate surface area is 192 Å². The van der Waals surface area contributed by atoms with Gasteiger partial charge in [0.1, 0.15) is 5.75 Å². The summed E-state index contributed by atoms with van der Waals surface area (Å²) in [4.78, 5) is 40.6. The molecule has 0 spiro atoms. The van der Waals surface area contributed by atoms with Gasteiger partial charge in [0.15, 0.2) is 0 Å². The number of anilines is 2. The lowest BCUT2D eigenvalue weighted by Crippen LogP contribution is -2.50. The van der Waals surface area contributed by atoms with Crippen LogP contribution in [0.5, 0.6) is 5.75 Å². The number of carbonyl (C=O) groups is 3. The summed E-state index contributed by atoms with van der Waals surface area (Å²) >= 11 is 0. The van der Waals surface area contributed by atoms with Crippen molar-refractivity contribution in [3.63, 3.8) is 0 Å². The summed E-state index contributed by atoms with van der Waals surface area (Å²) < 4.78 is 31.0. The quantitative estimate of drug-likeness (QED) is 0.656. The summed E-state index contributed by atoms with van der Waals surface area (Å²) in [5, 5.41) is 2.59. The van der Waals surface area contributed by atoms with Crippen LogP contribution < -0.4 is 14.8 Å². The van der Waals surface area contributed by atoms with E-state index in [1.807, 2.05) is 0 Å². The summed E-state index contributed by atoms with van der Waals surface area (Å²) in [6.45, 7) is 2.56. The number of hydrogen-bond donors (Lipinski definition) is 2. The van der Waals surface area contributed by atoms with Gasteiger partial charge in [-0.3, -0.25) is 19.1 Å². The van der Waals surface area contributed by atoms with Gasteiger partial charge in [-0.1, -0.05) is 0 Å². The summed E-state index contributed by atoms with van der Waals surface area (Å²) in [5.41, 5.74) is 1.13. The van der Waals surface area contributed by atoms with Gasteiger partial charge >= 0.3 is 0 Å². The normalized spacial score (nSPS) is 13.9. The van der Waals surface area contributed by atoms with Crippen molar-refractivity contribution in [3.05, 3.63) is 53.6 Å². The number of hydrogen-bond acceptors (Lipinski definition) is 6. The zero-order chi connectivity index (χ0) is 24.2. The summed E-state index contributed by atoms with van der Waals surface area (Å²) in [7, 11) is -2.07. The number of methoxy groups -OCH3 is 1. The van der Waals surface area contributed by atoms with E-state index in [-0.39, 0.29) is 36.2 Å². The highest BCUT2D eigenvalue weighted by Gasteiger charge is 2.27. The van der Waals surface area contributed by atoms with Gasteiger partial charge in [-0.2, -0.15) is 0 Å². The van der Waals surface area contributed by atoms with Crippen LogP contribution in [0.3, 0.4) is 0 Å². The lowest BCUT2D eigenvalue weighted by Gasteiger charge is -2.35. The Hall–Kier alpha value is -3.60. The van der Waals surface area contributed by atoms with E-state index in [0.717, 1.165) is 6.26 Å². The summed E-state index contributed by atoms with van der Waals surface area (Å²) in [6, 6.07) is 11.2. The molecular weight excluding hydrogens is 448 g/mol. The zero-order valence-corrected chi connectivity index (χ0v) is 19.4. The molecule has 33 heavy (non-hydrogen) atoms. The molecule has 0 saturated carbocycles. The fraction of sp³-hybridized carbons (Fsp3) is 0.318. The average Bonchev–Trinajstić information content (AvgIpc) is 2.78. The van der Waals surface area contributed by atoms with Crippen LogP contribution >= 0.6 is 0 Å². The zero-order valence-electron chi connectivity index (χ0n) is 18.6. The fourth-order valence-electron chi connectivity index (χ4n) is 3.49. The molecule has 176 valence electrons. The van der Waals surface area contributed by atoms with Gasteiger partial charge in [-0.05, 0) is 42.5 Å². The van der Waals surface area contributed by atoms with Crippen LogP contribution in [0, 0.1) is 0 Å². The van der Waals surface area contributed by atoms with Crippen molar-refractivity contribution in [2.24, 2.45) is 0 Å². The van der Waals surface area contributed by atoms with E-state index >= 15 is 0 Å². The van der Waals surface area contributed by atoms with Crippen LogP contribution in [0.4, 0.5) is 11.4 Å². The Kier molecular flexibility index (Phi) is 7.22. The number of piperazine rings is 1. The van der Waals surface area contributed by atoms with E-state index in [0.29, 0.717) is 30.1 Å². The van der Waals surface area contributed by atoms with E-state index in [9.17, 15) is 22.8 Å². The van der Waals surface area contributed by atoms with Crippen molar-refractivity contribution < 1.29 is 27.5 Å².